The predicted octanol–water partition coefficient (Wildman–Crippen LogP) is 5.59. The van der Waals surface area contributed by atoms with E-state index < -0.39 is 29.4 Å². The molecule has 0 aromatic heterocycles. The fourth-order valence-corrected chi connectivity index (χ4v) is 5.67. The molecule has 0 spiro atoms. The van der Waals surface area contributed by atoms with Gasteiger partial charge < -0.3 is 29.4 Å². The molecule has 0 aliphatic carbocycles. The van der Waals surface area contributed by atoms with Gasteiger partial charge in [-0.3, -0.25) is 14.5 Å². The number of halogens is 2. The molecular formula is C30H26F2N2O8S2. The van der Waals surface area contributed by atoms with Crippen LogP contribution in [-0.2, 0) is 9.59 Å². The average molecular weight is 645 g/mol. The van der Waals surface area contributed by atoms with E-state index in [-0.39, 0.29) is 44.9 Å². The maximum atomic E-state index is 14.0. The molecule has 0 unspecified atom stereocenters. The van der Waals surface area contributed by atoms with Gasteiger partial charge in [0.2, 0.25) is 5.91 Å². The highest BCUT2D eigenvalue weighted by Crippen LogP contribution is 2.42. The van der Waals surface area contributed by atoms with Gasteiger partial charge in [0.25, 0.3) is 5.91 Å². The molecule has 1 heterocycles. The Morgan fingerprint density at radius 3 is 2.18 bits per heavy atom. The molecule has 3 aromatic rings. The lowest BCUT2D eigenvalue weighted by atomic mass is 10.0. The second-order valence-electron chi connectivity index (χ2n) is 9.13. The van der Waals surface area contributed by atoms with Crippen LogP contribution in [0.4, 0.5) is 14.5 Å². The predicted molar refractivity (Wildman–Crippen MR) is 165 cm³/mol. The highest BCUT2D eigenvalue weighted by atomic mass is 32.2. The van der Waals surface area contributed by atoms with Gasteiger partial charge in [-0.2, -0.15) is 0 Å². The number of nitrogens with one attached hydrogen (secondary N) is 1. The molecule has 3 aromatic carbocycles. The Balaban J connectivity index is 1.54. The minimum absolute atomic E-state index is 0.0439. The molecule has 1 saturated heterocycles. The number of carboxylic acids is 1. The summed E-state index contributed by atoms with van der Waals surface area (Å²) in [5.41, 5.74) is 1.29. The number of carbonyl (C=O) groups excluding carboxylic acids is 2. The largest absolute Gasteiger partial charge is 0.494 e. The van der Waals surface area contributed by atoms with Crippen molar-refractivity contribution in [3.05, 3.63) is 70.1 Å². The first-order chi connectivity index (χ1) is 21.0. The third kappa shape index (κ3) is 6.76. The highest BCUT2D eigenvalue weighted by molar-refractivity contribution is 8.26. The van der Waals surface area contributed by atoms with Gasteiger partial charge in [-0.25, -0.2) is 13.6 Å². The smallest absolute Gasteiger partial charge is 0.335 e. The van der Waals surface area contributed by atoms with E-state index in [1.165, 1.54) is 51.5 Å². The van der Waals surface area contributed by atoms with Gasteiger partial charge in [-0.15, -0.1) is 0 Å². The summed E-state index contributed by atoms with van der Waals surface area (Å²) >= 11 is 6.44. The molecule has 10 nitrogen and oxygen atoms in total. The van der Waals surface area contributed by atoms with Crippen LogP contribution in [0, 0.1) is 11.6 Å². The topological polar surface area (TPSA) is 124 Å². The van der Waals surface area contributed by atoms with E-state index in [2.05, 4.69) is 5.32 Å². The molecular weight excluding hydrogens is 618 g/mol. The van der Waals surface area contributed by atoms with E-state index in [4.69, 9.17) is 31.2 Å². The first kappa shape index (κ1) is 32.2. The fourth-order valence-electron chi connectivity index (χ4n) is 4.37. The minimum atomic E-state index is -1.20. The quantitative estimate of drug-likeness (QED) is 0.202. The van der Waals surface area contributed by atoms with Crippen molar-refractivity contribution in [3.63, 3.8) is 0 Å². The van der Waals surface area contributed by atoms with Gasteiger partial charge in [-0.1, -0.05) is 30.0 Å². The van der Waals surface area contributed by atoms with Gasteiger partial charge in [-0.05, 0) is 53.6 Å². The van der Waals surface area contributed by atoms with Crippen LogP contribution < -0.4 is 24.3 Å². The Labute approximate surface area is 260 Å². The third-order valence-electron chi connectivity index (χ3n) is 6.48. The van der Waals surface area contributed by atoms with Crippen molar-refractivity contribution in [1.29, 1.82) is 0 Å². The van der Waals surface area contributed by atoms with E-state index in [0.29, 0.717) is 28.2 Å². The fraction of sp³-hybridized carbons (Fsp3) is 0.200. The molecule has 230 valence electrons. The van der Waals surface area contributed by atoms with Crippen LogP contribution in [0.3, 0.4) is 0 Å². The van der Waals surface area contributed by atoms with Crippen molar-refractivity contribution in [2.24, 2.45) is 0 Å². The lowest BCUT2D eigenvalue weighted by Crippen LogP contribution is -2.31. The van der Waals surface area contributed by atoms with Crippen molar-refractivity contribution in [1.82, 2.24) is 4.90 Å². The molecule has 0 bridgehead atoms. The SMILES string of the molecule is COc1cc(C(=O)O)cc(OC)c1NC(=O)CCN1C(=O)/C(=C/c2cc(OC)c(OC)c(-c3ccc(F)c(F)c3)c2)SC1=S. The number of hydrogen-bond acceptors (Lipinski definition) is 9. The van der Waals surface area contributed by atoms with Gasteiger partial charge >= 0.3 is 5.97 Å². The molecule has 1 fully saturated rings. The Kier molecular flexibility index (Phi) is 10.1. The summed E-state index contributed by atoms with van der Waals surface area (Å²) in [4.78, 5) is 39.1. The summed E-state index contributed by atoms with van der Waals surface area (Å²) in [5, 5.41) is 12.0. The number of thioether (sulfide) groups is 1. The summed E-state index contributed by atoms with van der Waals surface area (Å²) in [5.74, 6) is -3.40. The Bertz CT molecular complexity index is 1670. The van der Waals surface area contributed by atoms with Crippen LogP contribution in [-0.4, -0.2) is 67.1 Å². The second-order valence-corrected chi connectivity index (χ2v) is 10.8. The average Bonchev–Trinajstić information content (AvgIpc) is 3.27. The second kappa shape index (κ2) is 13.7. The van der Waals surface area contributed by atoms with Crippen molar-refractivity contribution >= 4 is 57.8 Å². The van der Waals surface area contributed by atoms with E-state index >= 15 is 0 Å². The van der Waals surface area contributed by atoms with Gasteiger partial charge in [0.15, 0.2) is 23.1 Å². The number of ether oxygens (including phenoxy) is 4. The van der Waals surface area contributed by atoms with Crippen molar-refractivity contribution in [2.75, 3.05) is 40.3 Å². The first-order valence-corrected chi connectivity index (χ1v) is 14.0. The van der Waals surface area contributed by atoms with Gasteiger partial charge in [0.1, 0.15) is 21.5 Å². The van der Waals surface area contributed by atoms with E-state index in [1.54, 1.807) is 18.2 Å². The molecule has 0 atom stereocenters. The monoisotopic (exact) mass is 644 g/mol. The highest BCUT2D eigenvalue weighted by Gasteiger charge is 2.32. The maximum absolute atomic E-state index is 14.0. The number of rotatable bonds is 11. The van der Waals surface area contributed by atoms with Crippen molar-refractivity contribution < 1.29 is 47.2 Å². The number of thiocarbonyl (C=S) groups is 1. The number of benzene rings is 3. The van der Waals surface area contributed by atoms with Crippen molar-refractivity contribution in [2.45, 2.75) is 6.42 Å². The summed E-state index contributed by atoms with van der Waals surface area (Å²) in [6.07, 6.45) is 1.42. The number of hydrogen-bond donors (Lipinski definition) is 2. The molecule has 44 heavy (non-hydrogen) atoms. The zero-order valence-electron chi connectivity index (χ0n) is 23.9. The van der Waals surface area contributed by atoms with Crippen LogP contribution in [0.2, 0.25) is 0 Å². The molecule has 14 heteroatoms. The van der Waals surface area contributed by atoms with E-state index in [0.717, 1.165) is 23.9 Å². The lowest BCUT2D eigenvalue weighted by molar-refractivity contribution is -0.122. The normalized spacial score (nSPS) is 13.7. The van der Waals surface area contributed by atoms with E-state index in [9.17, 15) is 28.3 Å². The molecule has 0 saturated carbocycles. The number of carboxylic acid groups (broad SMARTS) is 1. The number of anilines is 1. The molecule has 0 radical (unpaired) electrons. The molecule has 2 N–H and O–H groups in total. The zero-order chi connectivity index (χ0) is 32.1. The van der Waals surface area contributed by atoms with Crippen LogP contribution in [0.15, 0.2) is 47.4 Å². The third-order valence-corrected chi connectivity index (χ3v) is 7.86. The Hall–Kier alpha value is -4.69. The Morgan fingerprint density at radius 1 is 0.955 bits per heavy atom. The van der Waals surface area contributed by atoms with Crippen LogP contribution in [0.5, 0.6) is 23.0 Å². The molecule has 1 aliphatic rings. The number of aromatic carboxylic acids is 1. The number of methoxy groups -OCH3 is 4. The van der Waals surface area contributed by atoms with Crippen molar-refractivity contribution in [3.8, 4) is 34.1 Å². The number of amides is 2. The zero-order valence-corrected chi connectivity index (χ0v) is 25.5. The molecule has 4 rings (SSSR count). The summed E-state index contributed by atoms with van der Waals surface area (Å²) < 4.78 is 49.2. The van der Waals surface area contributed by atoms with Gasteiger partial charge in [0.05, 0.1) is 38.9 Å². The number of carbonyl (C=O) groups is 3. The molecule has 1 aliphatic heterocycles. The standard InChI is InChI=1S/C30H26F2N2O8S2/c1-39-21-13-17(29(37)38)14-22(40-2)26(21)33-25(35)7-8-34-28(36)24(44-30(34)43)11-15-9-18(27(42-4)23(10-15)41-3)16-5-6-19(31)20(32)12-16/h5-6,9-14H,7-8H2,1-4H3,(H,33,35)(H,37,38)/b24-11-. The maximum Gasteiger partial charge on any atom is 0.335 e. The van der Waals surface area contributed by atoms with Crippen LogP contribution in [0.1, 0.15) is 22.3 Å². The van der Waals surface area contributed by atoms with Crippen LogP contribution >= 0.6 is 24.0 Å². The van der Waals surface area contributed by atoms with E-state index in [1.807, 2.05) is 0 Å². The number of nitrogens with zero attached hydrogens (tertiary/aromatic N) is 1. The molecule has 2 amide bonds. The summed E-state index contributed by atoms with van der Waals surface area (Å²) in [6.45, 7) is -0.0439. The summed E-state index contributed by atoms with van der Waals surface area (Å²) in [6, 6.07) is 9.20. The Morgan fingerprint density at radius 2 is 1.61 bits per heavy atom. The van der Waals surface area contributed by atoms with Gasteiger partial charge in [0, 0.05) is 18.5 Å². The summed E-state index contributed by atoms with van der Waals surface area (Å²) in [7, 11) is 5.48. The minimum Gasteiger partial charge on any atom is -0.494 e. The first-order valence-electron chi connectivity index (χ1n) is 12.8. The van der Waals surface area contributed by atoms with Crippen LogP contribution in [0.25, 0.3) is 17.2 Å². The lowest BCUT2D eigenvalue weighted by Gasteiger charge is -2.17.